The van der Waals surface area contributed by atoms with Crippen molar-refractivity contribution in [2.45, 2.75) is 26.7 Å². The predicted molar refractivity (Wildman–Crippen MR) is 97.8 cm³/mol. The molecule has 1 aromatic heterocycles. The van der Waals surface area contributed by atoms with E-state index in [0.717, 1.165) is 12.0 Å². The summed E-state index contributed by atoms with van der Waals surface area (Å²) in [5, 5.41) is 10.8. The molecule has 0 radical (unpaired) electrons. The number of benzene rings is 2. The molecule has 0 aliphatic carbocycles. The number of hydrogen-bond donors (Lipinski definition) is 1. The van der Waals surface area contributed by atoms with Crippen molar-refractivity contribution in [3.05, 3.63) is 63.5 Å². The van der Waals surface area contributed by atoms with Crippen molar-refractivity contribution >= 4 is 22.6 Å². The smallest absolute Gasteiger partial charge is 0.200 e. The van der Waals surface area contributed by atoms with Gasteiger partial charge in [-0.05, 0) is 35.7 Å². The first-order chi connectivity index (χ1) is 11.5. The Morgan fingerprint density at radius 2 is 1.88 bits per heavy atom. The Morgan fingerprint density at radius 3 is 2.54 bits per heavy atom. The summed E-state index contributed by atoms with van der Waals surface area (Å²) in [5.41, 5.74) is 1.69. The van der Waals surface area contributed by atoms with Gasteiger partial charge in [-0.3, -0.25) is 4.79 Å². The number of phenolic OH excluding ortho intramolecular Hbond substituents is 1. The number of halogens is 1. The first kappa shape index (κ1) is 16.6. The summed E-state index contributed by atoms with van der Waals surface area (Å²) in [6.45, 7) is 4.23. The predicted octanol–water partition coefficient (Wildman–Crippen LogP) is 5.41. The molecule has 0 aliphatic rings. The van der Waals surface area contributed by atoms with E-state index in [1.807, 2.05) is 12.1 Å². The lowest BCUT2D eigenvalue weighted by Crippen LogP contribution is -2.11. The van der Waals surface area contributed by atoms with Crippen molar-refractivity contribution in [3.63, 3.8) is 0 Å². The molecule has 0 fully saturated rings. The zero-order valence-corrected chi connectivity index (χ0v) is 14.4. The molecule has 1 N–H and O–H groups in total. The molecule has 0 aliphatic heterocycles. The molecule has 0 saturated carbocycles. The zero-order valence-electron chi connectivity index (χ0n) is 13.7. The second-order valence-electron chi connectivity index (χ2n) is 6.13. The Labute approximate surface area is 145 Å². The van der Waals surface area contributed by atoms with Crippen molar-refractivity contribution < 1.29 is 9.52 Å². The molecular weight excluding hydrogens is 324 g/mol. The zero-order chi connectivity index (χ0) is 17.3. The minimum absolute atomic E-state index is 0.0828. The second-order valence-corrected chi connectivity index (χ2v) is 6.57. The van der Waals surface area contributed by atoms with Crippen LogP contribution in [0.3, 0.4) is 0 Å². The van der Waals surface area contributed by atoms with Crippen LogP contribution in [0, 0.1) is 5.92 Å². The average molecular weight is 343 g/mol. The average Bonchev–Trinajstić information content (AvgIpc) is 2.56. The van der Waals surface area contributed by atoms with E-state index in [1.165, 1.54) is 12.1 Å². The highest BCUT2D eigenvalue weighted by molar-refractivity contribution is 6.30. The van der Waals surface area contributed by atoms with Crippen LogP contribution in [-0.2, 0) is 6.42 Å². The molecule has 0 spiro atoms. The van der Waals surface area contributed by atoms with Gasteiger partial charge in [0.05, 0.1) is 10.9 Å². The van der Waals surface area contributed by atoms with Crippen molar-refractivity contribution in [2.24, 2.45) is 5.92 Å². The van der Waals surface area contributed by atoms with E-state index in [2.05, 4.69) is 13.8 Å². The molecule has 124 valence electrons. The van der Waals surface area contributed by atoms with Crippen LogP contribution < -0.4 is 5.43 Å². The molecule has 3 rings (SSSR count). The summed E-state index contributed by atoms with van der Waals surface area (Å²) < 4.78 is 6.02. The number of fused-ring (bicyclic) bond motifs is 1. The van der Waals surface area contributed by atoms with Crippen molar-refractivity contribution in [1.82, 2.24) is 0 Å². The van der Waals surface area contributed by atoms with Gasteiger partial charge in [-0.2, -0.15) is 0 Å². The first-order valence-corrected chi connectivity index (χ1v) is 8.42. The highest BCUT2D eigenvalue weighted by atomic mass is 35.5. The largest absolute Gasteiger partial charge is 0.508 e. The summed E-state index contributed by atoms with van der Waals surface area (Å²) in [6.07, 6.45) is 1.65. The molecule has 3 nitrogen and oxygen atoms in total. The van der Waals surface area contributed by atoms with Crippen LogP contribution in [0.1, 0.15) is 26.0 Å². The van der Waals surface area contributed by atoms with Gasteiger partial charge in [0.25, 0.3) is 0 Å². The van der Waals surface area contributed by atoms with E-state index in [4.69, 9.17) is 16.0 Å². The molecule has 0 amide bonds. The van der Waals surface area contributed by atoms with Crippen molar-refractivity contribution in [1.29, 1.82) is 0 Å². The highest BCUT2D eigenvalue weighted by Crippen LogP contribution is 2.29. The van der Waals surface area contributed by atoms with Crippen LogP contribution in [0.4, 0.5) is 0 Å². The van der Waals surface area contributed by atoms with Crippen LogP contribution in [-0.4, -0.2) is 5.11 Å². The molecule has 3 aromatic rings. The van der Waals surface area contributed by atoms with Crippen LogP contribution >= 0.6 is 11.6 Å². The monoisotopic (exact) mass is 342 g/mol. The Morgan fingerprint density at radius 1 is 1.17 bits per heavy atom. The first-order valence-electron chi connectivity index (χ1n) is 8.04. The third-order valence-corrected chi connectivity index (χ3v) is 4.56. The molecule has 0 saturated heterocycles. The van der Waals surface area contributed by atoms with Gasteiger partial charge in [0.1, 0.15) is 17.1 Å². The summed E-state index contributed by atoms with van der Waals surface area (Å²) in [6, 6.07) is 11.8. The SMILES string of the molecule is CCC(C)Cc1oc2cc(O)ccc2c(=O)c1-c1ccc(Cl)cc1. The van der Waals surface area contributed by atoms with E-state index in [9.17, 15) is 9.90 Å². The van der Waals surface area contributed by atoms with Gasteiger partial charge in [0.2, 0.25) is 5.43 Å². The Hall–Kier alpha value is -2.26. The highest BCUT2D eigenvalue weighted by Gasteiger charge is 2.18. The molecular formula is C20H19ClO3. The third kappa shape index (κ3) is 3.17. The number of rotatable bonds is 4. The lowest BCUT2D eigenvalue weighted by Gasteiger charge is -2.13. The summed E-state index contributed by atoms with van der Waals surface area (Å²) in [7, 11) is 0. The Bertz CT molecular complexity index is 926. The Kier molecular flexibility index (Phi) is 4.63. The lowest BCUT2D eigenvalue weighted by atomic mass is 9.95. The maximum absolute atomic E-state index is 13.0. The van der Waals surface area contributed by atoms with E-state index >= 15 is 0 Å². The van der Waals surface area contributed by atoms with Crippen LogP contribution in [0.15, 0.2) is 51.7 Å². The van der Waals surface area contributed by atoms with E-state index in [1.54, 1.807) is 18.2 Å². The van der Waals surface area contributed by atoms with E-state index in [-0.39, 0.29) is 11.2 Å². The Balaban J connectivity index is 2.29. The third-order valence-electron chi connectivity index (χ3n) is 4.31. The van der Waals surface area contributed by atoms with E-state index < -0.39 is 0 Å². The topological polar surface area (TPSA) is 50.4 Å². The van der Waals surface area contributed by atoms with Crippen molar-refractivity contribution in [2.75, 3.05) is 0 Å². The van der Waals surface area contributed by atoms with Gasteiger partial charge in [-0.15, -0.1) is 0 Å². The van der Waals surface area contributed by atoms with Crippen molar-refractivity contribution in [3.8, 4) is 16.9 Å². The fraction of sp³-hybridized carbons (Fsp3) is 0.250. The standard InChI is InChI=1S/C20H19ClO3/c1-3-12(2)10-18-19(13-4-6-14(21)7-5-13)20(23)16-9-8-15(22)11-17(16)24-18/h4-9,11-12,22H,3,10H2,1-2H3. The maximum Gasteiger partial charge on any atom is 0.200 e. The maximum atomic E-state index is 13.0. The van der Waals surface area contributed by atoms with Crippen LogP contribution in [0.2, 0.25) is 5.02 Å². The fourth-order valence-corrected chi connectivity index (χ4v) is 2.87. The normalized spacial score (nSPS) is 12.5. The molecule has 1 unspecified atom stereocenters. The number of aromatic hydroxyl groups is 1. The lowest BCUT2D eigenvalue weighted by molar-refractivity contribution is 0.457. The molecule has 1 atom stereocenters. The van der Waals surface area contributed by atoms with Crippen LogP contribution in [0.5, 0.6) is 5.75 Å². The second kappa shape index (κ2) is 6.70. The van der Waals surface area contributed by atoms with E-state index in [0.29, 0.717) is 39.7 Å². The van der Waals surface area contributed by atoms with Gasteiger partial charge in [-0.25, -0.2) is 0 Å². The molecule has 1 heterocycles. The number of hydrogen-bond acceptors (Lipinski definition) is 3. The summed E-state index contributed by atoms with van der Waals surface area (Å²) in [5.74, 6) is 1.11. The van der Waals surface area contributed by atoms with Crippen LogP contribution in [0.25, 0.3) is 22.1 Å². The molecule has 24 heavy (non-hydrogen) atoms. The van der Waals surface area contributed by atoms with Gasteiger partial charge >= 0.3 is 0 Å². The quantitative estimate of drug-likeness (QED) is 0.689. The molecule has 0 bridgehead atoms. The van der Waals surface area contributed by atoms with Gasteiger partial charge in [0, 0.05) is 17.5 Å². The van der Waals surface area contributed by atoms with Gasteiger partial charge < -0.3 is 9.52 Å². The molecule has 2 aromatic carbocycles. The minimum atomic E-state index is -0.0862. The summed E-state index contributed by atoms with van der Waals surface area (Å²) >= 11 is 5.97. The summed E-state index contributed by atoms with van der Waals surface area (Å²) in [4.78, 5) is 13.0. The van der Waals surface area contributed by atoms with Gasteiger partial charge in [-0.1, -0.05) is 44.0 Å². The number of phenols is 1. The fourth-order valence-electron chi connectivity index (χ4n) is 2.74. The minimum Gasteiger partial charge on any atom is -0.508 e. The van der Waals surface area contributed by atoms with Gasteiger partial charge in [0.15, 0.2) is 0 Å². The molecule has 4 heteroatoms.